The Balaban J connectivity index is 1.89. The first-order valence-corrected chi connectivity index (χ1v) is 6.88. The van der Waals surface area contributed by atoms with Crippen LogP contribution in [-0.2, 0) is 16.1 Å². The van der Waals surface area contributed by atoms with Gasteiger partial charge in [0.25, 0.3) is 5.91 Å². The molecule has 0 unspecified atom stereocenters. The van der Waals surface area contributed by atoms with E-state index in [1.54, 1.807) is 12.1 Å². The summed E-state index contributed by atoms with van der Waals surface area (Å²) in [6, 6.07) is 15.5. The molecule has 5 nitrogen and oxygen atoms in total. The molecule has 0 aliphatic rings. The van der Waals surface area contributed by atoms with Crippen molar-refractivity contribution < 1.29 is 19.4 Å². The molecular formula is C17H17NO4. The summed E-state index contributed by atoms with van der Waals surface area (Å²) in [5.74, 6) is -1.31. The van der Waals surface area contributed by atoms with E-state index < -0.39 is 18.0 Å². The Morgan fingerprint density at radius 1 is 1.09 bits per heavy atom. The molecule has 2 rings (SSSR count). The predicted octanol–water partition coefficient (Wildman–Crippen LogP) is 2.25. The molecular weight excluding hydrogens is 282 g/mol. The van der Waals surface area contributed by atoms with Crippen LogP contribution in [0.3, 0.4) is 0 Å². The fraction of sp³-hybridized carbons (Fsp3) is 0.176. The van der Waals surface area contributed by atoms with Crippen molar-refractivity contribution >= 4 is 11.9 Å². The fourth-order valence-electron chi connectivity index (χ4n) is 1.85. The van der Waals surface area contributed by atoms with E-state index in [2.05, 4.69) is 5.32 Å². The van der Waals surface area contributed by atoms with Crippen LogP contribution in [0.15, 0.2) is 54.6 Å². The molecule has 0 radical (unpaired) electrons. The normalized spacial score (nSPS) is 11.5. The monoisotopic (exact) mass is 299 g/mol. The molecule has 2 aromatic carbocycles. The van der Waals surface area contributed by atoms with E-state index in [4.69, 9.17) is 4.74 Å². The van der Waals surface area contributed by atoms with Crippen molar-refractivity contribution in [1.29, 1.82) is 0 Å². The third-order valence-corrected chi connectivity index (χ3v) is 3.09. The van der Waals surface area contributed by atoms with Crippen LogP contribution in [0.4, 0.5) is 0 Å². The summed E-state index contributed by atoms with van der Waals surface area (Å²) in [4.78, 5) is 23.8. The third-order valence-electron chi connectivity index (χ3n) is 3.09. The van der Waals surface area contributed by atoms with Gasteiger partial charge in [0.2, 0.25) is 0 Å². The van der Waals surface area contributed by atoms with E-state index in [0.717, 1.165) is 5.56 Å². The predicted molar refractivity (Wildman–Crippen MR) is 81.3 cm³/mol. The van der Waals surface area contributed by atoms with Gasteiger partial charge in [-0.15, -0.1) is 0 Å². The van der Waals surface area contributed by atoms with Crippen LogP contribution in [0.5, 0.6) is 5.75 Å². The number of hydrogen-bond acceptors (Lipinski definition) is 4. The van der Waals surface area contributed by atoms with Gasteiger partial charge in [-0.2, -0.15) is 0 Å². The molecule has 0 fully saturated rings. The molecule has 114 valence electrons. The Morgan fingerprint density at radius 2 is 1.73 bits per heavy atom. The number of amides is 1. The van der Waals surface area contributed by atoms with Gasteiger partial charge < -0.3 is 15.2 Å². The molecule has 0 saturated carbocycles. The molecule has 1 atom stereocenters. The number of carbonyl (C=O) groups is 2. The molecule has 22 heavy (non-hydrogen) atoms. The van der Waals surface area contributed by atoms with Crippen molar-refractivity contribution in [1.82, 2.24) is 5.32 Å². The summed E-state index contributed by atoms with van der Waals surface area (Å²) in [6.07, 6.45) is -0.948. The number of benzene rings is 2. The molecule has 2 aromatic rings. The molecule has 5 heteroatoms. The number of esters is 1. The summed E-state index contributed by atoms with van der Waals surface area (Å²) >= 11 is 0. The SMILES string of the molecule is C[C@@H](OC(=O)c1ccccc1O)C(=O)NCc1ccccc1. The van der Waals surface area contributed by atoms with Crippen molar-refractivity contribution in [3.05, 3.63) is 65.7 Å². The average molecular weight is 299 g/mol. The molecule has 1 amide bonds. The van der Waals surface area contributed by atoms with Crippen molar-refractivity contribution in [3.63, 3.8) is 0 Å². The highest BCUT2D eigenvalue weighted by Gasteiger charge is 2.20. The summed E-state index contributed by atoms with van der Waals surface area (Å²) in [5, 5.41) is 12.3. The van der Waals surface area contributed by atoms with Crippen molar-refractivity contribution in [3.8, 4) is 5.75 Å². The smallest absolute Gasteiger partial charge is 0.342 e. The van der Waals surface area contributed by atoms with Gasteiger partial charge in [-0.3, -0.25) is 4.79 Å². The second-order valence-corrected chi connectivity index (χ2v) is 4.77. The second-order valence-electron chi connectivity index (χ2n) is 4.77. The number of phenols is 1. The number of aromatic hydroxyl groups is 1. The maximum Gasteiger partial charge on any atom is 0.342 e. The van der Waals surface area contributed by atoms with E-state index in [1.807, 2.05) is 30.3 Å². The highest BCUT2D eigenvalue weighted by molar-refractivity contribution is 5.94. The zero-order valence-corrected chi connectivity index (χ0v) is 12.2. The van der Waals surface area contributed by atoms with Gasteiger partial charge in [0, 0.05) is 6.54 Å². The third kappa shape index (κ3) is 4.09. The quantitative estimate of drug-likeness (QED) is 0.830. The van der Waals surface area contributed by atoms with Crippen LogP contribution in [-0.4, -0.2) is 23.1 Å². The first kappa shape index (κ1) is 15.6. The van der Waals surface area contributed by atoms with Crippen LogP contribution in [0.25, 0.3) is 0 Å². The van der Waals surface area contributed by atoms with Gasteiger partial charge in [-0.25, -0.2) is 4.79 Å². The Hall–Kier alpha value is -2.82. The average Bonchev–Trinajstić information content (AvgIpc) is 2.53. The number of phenolic OH excluding ortho intramolecular Hbond substituents is 1. The van der Waals surface area contributed by atoms with Gasteiger partial charge in [0.05, 0.1) is 0 Å². The molecule has 0 bridgehead atoms. The maximum atomic E-state index is 11.9. The lowest BCUT2D eigenvalue weighted by atomic mass is 10.2. The minimum absolute atomic E-state index is 0.0326. The first-order valence-electron chi connectivity index (χ1n) is 6.88. The van der Waals surface area contributed by atoms with Crippen molar-refractivity contribution in [2.45, 2.75) is 19.6 Å². The standard InChI is InChI=1S/C17H17NO4/c1-12(16(20)18-11-13-7-3-2-4-8-13)22-17(21)14-9-5-6-10-15(14)19/h2-10,12,19H,11H2,1H3,(H,18,20)/t12-/m1/s1. The molecule has 0 aromatic heterocycles. The number of para-hydroxylation sites is 1. The van der Waals surface area contributed by atoms with E-state index in [9.17, 15) is 14.7 Å². The number of rotatable bonds is 5. The summed E-state index contributed by atoms with van der Waals surface area (Å²) in [7, 11) is 0. The van der Waals surface area contributed by atoms with Gasteiger partial charge in [0.1, 0.15) is 11.3 Å². The second kappa shape index (κ2) is 7.26. The van der Waals surface area contributed by atoms with Crippen molar-refractivity contribution in [2.24, 2.45) is 0 Å². The van der Waals surface area contributed by atoms with Crippen LogP contribution >= 0.6 is 0 Å². The van der Waals surface area contributed by atoms with Gasteiger partial charge in [0.15, 0.2) is 6.10 Å². The largest absolute Gasteiger partial charge is 0.507 e. The Morgan fingerprint density at radius 3 is 2.41 bits per heavy atom. The number of nitrogens with one attached hydrogen (secondary N) is 1. The van der Waals surface area contributed by atoms with Crippen molar-refractivity contribution in [2.75, 3.05) is 0 Å². The zero-order chi connectivity index (χ0) is 15.9. The Bertz CT molecular complexity index is 655. The Labute approximate surface area is 128 Å². The van der Waals surface area contributed by atoms with E-state index in [0.29, 0.717) is 6.54 Å². The van der Waals surface area contributed by atoms with Gasteiger partial charge in [-0.05, 0) is 24.6 Å². The van der Waals surface area contributed by atoms with Crippen LogP contribution < -0.4 is 5.32 Å². The lowest BCUT2D eigenvalue weighted by molar-refractivity contribution is -0.129. The minimum atomic E-state index is -0.948. The van der Waals surface area contributed by atoms with Crippen LogP contribution in [0.1, 0.15) is 22.8 Å². The molecule has 0 aliphatic heterocycles. The summed E-state index contributed by atoms with van der Waals surface area (Å²) in [6.45, 7) is 1.84. The molecule has 0 aliphatic carbocycles. The number of ether oxygens (including phenoxy) is 1. The van der Waals surface area contributed by atoms with E-state index in [-0.39, 0.29) is 11.3 Å². The van der Waals surface area contributed by atoms with Gasteiger partial charge in [-0.1, -0.05) is 42.5 Å². The molecule has 0 heterocycles. The highest BCUT2D eigenvalue weighted by atomic mass is 16.5. The zero-order valence-electron chi connectivity index (χ0n) is 12.2. The van der Waals surface area contributed by atoms with Crippen LogP contribution in [0, 0.1) is 0 Å². The Kier molecular flexibility index (Phi) is 5.14. The lowest BCUT2D eigenvalue weighted by Gasteiger charge is -2.14. The topological polar surface area (TPSA) is 75.6 Å². The maximum absolute atomic E-state index is 11.9. The molecule has 2 N–H and O–H groups in total. The molecule has 0 spiro atoms. The summed E-state index contributed by atoms with van der Waals surface area (Å²) < 4.78 is 5.06. The number of hydrogen-bond donors (Lipinski definition) is 2. The van der Waals surface area contributed by atoms with Gasteiger partial charge >= 0.3 is 5.97 Å². The highest BCUT2D eigenvalue weighted by Crippen LogP contribution is 2.17. The first-order chi connectivity index (χ1) is 10.6. The van der Waals surface area contributed by atoms with E-state index >= 15 is 0 Å². The number of carbonyl (C=O) groups excluding carboxylic acids is 2. The van der Waals surface area contributed by atoms with E-state index in [1.165, 1.54) is 19.1 Å². The minimum Gasteiger partial charge on any atom is -0.507 e. The summed E-state index contributed by atoms with van der Waals surface area (Å²) in [5.41, 5.74) is 0.986. The molecule has 0 saturated heterocycles. The van der Waals surface area contributed by atoms with Crippen LogP contribution in [0.2, 0.25) is 0 Å². The lowest BCUT2D eigenvalue weighted by Crippen LogP contribution is -2.35. The fourth-order valence-corrected chi connectivity index (χ4v) is 1.85.